The first kappa shape index (κ1) is 11.8. The number of para-hydroxylation sites is 2. The van der Waals surface area contributed by atoms with Crippen molar-refractivity contribution < 1.29 is 0 Å². The summed E-state index contributed by atoms with van der Waals surface area (Å²) < 4.78 is 2.23. The largest absolute Gasteiger partial charge is 0.326 e. The summed E-state index contributed by atoms with van der Waals surface area (Å²) in [5.74, 6) is 2.05. The highest BCUT2D eigenvalue weighted by Gasteiger charge is 2.13. The van der Waals surface area contributed by atoms with Gasteiger partial charge in [0.25, 0.3) is 0 Å². The molecule has 0 aliphatic carbocycles. The van der Waals surface area contributed by atoms with Crippen LogP contribution in [-0.4, -0.2) is 21.6 Å². The van der Waals surface area contributed by atoms with Crippen molar-refractivity contribution >= 4 is 34.4 Å². The van der Waals surface area contributed by atoms with Crippen molar-refractivity contribution in [3.05, 3.63) is 30.1 Å². The molecule has 0 fully saturated rings. The third-order valence-corrected chi connectivity index (χ3v) is 3.34. The summed E-state index contributed by atoms with van der Waals surface area (Å²) in [6.07, 6.45) is 2.11. The van der Waals surface area contributed by atoms with Crippen molar-refractivity contribution in [2.24, 2.45) is 0 Å². The van der Waals surface area contributed by atoms with Gasteiger partial charge in [-0.2, -0.15) is 11.8 Å². The zero-order valence-electron chi connectivity index (χ0n) is 9.48. The van der Waals surface area contributed by atoms with Crippen LogP contribution in [0.5, 0.6) is 0 Å². The molecular formula is C12H15ClN2S. The van der Waals surface area contributed by atoms with Gasteiger partial charge in [0.2, 0.25) is 0 Å². The van der Waals surface area contributed by atoms with Crippen LogP contribution in [0.1, 0.15) is 18.1 Å². The minimum atomic E-state index is -0.0470. The van der Waals surface area contributed by atoms with Crippen molar-refractivity contribution in [2.75, 3.05) is 12.0 Å². The van der Waals surface area contributed by atoms with Gasteiger partial charge in [-0.05, 0) is 25.3 Å². The molecular weight excluding hydrogens is 240 g/mol. The third-order valence-electron chi connectivity index (χ3n) is 2.56. The predicted molar refractivity (Wildman–Crippen MR) is 72.4 cm³/mol. The molecule has 0 radical (unpaired) electrons. The fraction of sp³-hybridized carbons (Fsp3) is 0.417. The zero-order valence-corrected chi connectivity index (χ0v) is 11.1. The highest BCUT2D eigenvalue weighted by atomic mass is 35.5. The van der Waals surface area contributed by atoms with Gasteiger partial charge in [0.15, 0.2) is 0 Å². The van der Waals surface area contributed by atoms with Crippen molar-refractivity contribution in [2.45, 2.75) is 18.8 Å². The second-order valence-corrected chi connectivity index (χ2v) is 5.36. The van der Waals surface area contributed by atoms with E-state index in [1.165, 1.54) is 5.52 Å². The van der Waals surface area contributed by atoms with E-state index in [9.17, 15) is 0 Å². The second-order valence-electron chi connectivity index (χ2n) is 3.72. The molecule has 2 aromatic rings. The van der Waals surface area contributed by atoms with Crippen molar-refractivity contribution in [3.63, 3.8) is 0 Å². The molecule has 16 heavy (non-hydrogen) atoms. The average molecular weight is 255 g/mol. The summed E-state index contributed by atoms with van der Waals surface area (Å²) in [6, 6.07) is 8.19. The Morgan fingerprint density at radius 3 is 2.88 bits per heavy atom. The third kappa shape index (κ3) is 2.20. The van der Waals surface area contributed by atoms with E-state index in [1.807, 2.05) is 36.9 Å². The number of nitrogens with zero attached hydrogens (tertiary/aromatic N) is 2. The van der Waals surface area contributed by atoms with Gasteiger partial charge in [-0.25, -0.2) is 4.98 Å². The first-order chi connectivity index (χ1) is 7.74. The number of fused-ring (bicyclic) bond motifs is 1. The molecule has 4 heteroatoms. The summed E-state index contributed by atoms with van der Waals surface area (Å²) in [7, 11) is 0. The lowest BCUT2D eigenvalue weighted by Crippen LogP contribution is -2.06. The molecule has 1 atom stereocenters. The maximum atomic E-state index is 6.17. The molecule has 1 unspecified atom stereocenters. The molecule has 0 bridgehead atoms. The Hall–Kier alpha value is -0.670. The summed E-state index contributed by atoms with van der Waals surface area (Å²) in [5.41, 5.74) is 2.21. The Balaban J connectivity index is 2.51. The number of aromatic nitrogens is 2. The molecule has 2 nitrogen and oxygen atoms in total. The Kier molecular flexibility index (Phi) is 3.77. The monoisotopic (exact) mass is 254 g/mol. The fourth-order valence-corrected chi connectivity index (χ4v) is 2.35. The second kappa shape index (κ2) is 5.11. The number of halogens is 1. The van der Waals surface area contributed by atoms with Crippen LogP contribution in [0.3, 0.4) is 0 Å². The number of benzene rings is 1. The Bertz CT molecular complexity index is 479. The van der Waals surface area contributed by atoms with E-state index in [0.717, 1.165) is 23.6 Å². The molecule has 1 aromatic carbocycles. The van der Waals surface area contributed by atoms with Crippen LogP contribution in [0.4, 0.5) is 0 Å². The number of imidazole rings is 1. The van der Waals surface area contributed by atoms with E-state index in [4.69, 9.17) is 11.6 Å². The van der Waals surface area contributed by atoms with Gasteiger partial charge in [-0.1, -0.05) is 12.1 Å². The Labute approximate surface area is 105 Å². The van der Waals surface area contributed by atoms with Crippen LogP contribution in [-0.2, 0) is 6.54 Å². The van der Waals surface area contributed by atoms with Crippen LogP contribution in [0.25, 0.3) is 11.0 Å². The van der Waals surface area contributed by atoms with Crippen LogP contribution in [0, 0.1) is 0 Å². The fourth-order valence-electron chi connectivity index (χ4n) is 1.82. The SMILES string of the molecule is CSCCn1c(C(C)Cl)nc2ccccc21. The van der Waals surface area contributed by atoms with Gasteiger partial charge < -0.3 is 4.57 Å². The van der Waals surface area contributed by atoms with Crippen LogP contribution in [0.15, 0.2) is 24.3 Å². The molecule has 0 amide bonds. The van der Waals surface area contributed by atoms with E-state index < -0.39 is 0 Å². The van der Waals surface area contributed by atoms with Gasteiger partial charge >= 0.3 is 0 Å². The maximum absolute atomic E-state index is 6.17. The minimum absolute atomic E-state index is 0.0470. The molecule has 0 aliphatic rings. The molecule has 0 saturated carbocycles. The highest BCUT2D eigenvalue weighted by Crippen LogP contribution is 2.24. The maximum Gasteiger partial charge on any atom is 0.127 e. The van der Waals surface area contributed by atoms with Gasteiger partial charge in [-0.3, -0.25) is 0 Å². The van der Waals surface area contributed by atoms with Crippen LogP contribution in [0.2, 0.25) is 0 Å². The minimum Gasteiger partial charge on any atom is -0.326 e. The Morgan fingerprint density at radius 1 is 1.44 bits per heavy atom. The van der Waals surface area contributed by atoms with E-state index in [1.54, 1.807) is 0 Å². The summed E-state index contributed by atoms with van der Waals surface area (Å²) in [6.45, 7) is 2.94. The quantitative estimate of drug-likeness (QED) is 0.775. The zero-order chi connectivity index (χ0) is 11.5. The molecule has 1 aromatic heterocycles. The number of alkyl halides is 1. The standard InChI is InChI=1S/C12H15ClN2S/c1-9(13)12-14-10-5-3-4-6-11(10)15(12)7-8-16-2/h3-6,9H,7-8H2,1-2H3. The molecule has 0 saturated heterocycles. The first-order valence-electron chi connectivity index (χ1n) is 5.32. The number of hydrogen-bond donors (Lipinski definition) is 0. The summed E-state index contributed by atoms with van der Waals surface area (Å²) >= 11 is 8.01. The molecule has 0 aliphatic heterocycles. The lowest BCUT2D eigenvalue weighted by Gasteiger charge is -2.09. The van der Waals surface area contributed by atoms with Gasteiger partial charge in [0.1, 0.15) is 5.82 Å². The van der Waals surface area contributed by atoms with Crippen LogP contribution >= 0.6 is 23.4 Å². The Morgan fingerprint density at radius 2 is 2.19 bits per heavy atom. The van der Waals surface area contributed by atoms with E-state index in [0.29, 0.717) is 0 Å². The number of rotatable bonds is 4. The molecule has 86 valence electrons. The first-order valence-corrected chi connectivity index (χ1v) is 7.15. The lowest BCUT2D eigenvalue weighted by molar-refractivity contribution is 0.724. The summed E-state index contributed by atoms with van der Waals surface area (Å²) in [5, 5.41) is -0.0470. The van der Waals surface area contributed by atoms with Gasteiger partial charge in [-0.15, -0.1) is 11.6 Å². The highest BCUT2D eigenvalue weighted by molar-refractivity contribution is 7.98. The topological polar surface area (TPSA) is 17.8 Å². The van der Waals surface area contributed by atoms with E-state index in [2.05, 4.69) is 21.9 Å². The summed E-state index contributed by atoms with van der Waals surface area (Å²) in [4.78, 5) is 4.59. The molecule has 0 N–H and O–H groups in total. The van der Waals surface area contributed by atoms with Gasteiger partial charge in [0, 0.05) is 12.3 Å². The van der Waals surface area contributed by atoms with Gasteiger partial charge in [0.05, 0.1) is 16.4 Å². The molecule has 1 heterocycles. The van der Waals surface area contributed by atoms with Crippen molar-refractivity contribution in [1.82, 2.24) is 9.55 Å². The normalized spacial score (nSPS) is 13.2. The number of aryl methyl sites for hydroxylation is 1. The van der Waals surface area contributed by atoms with E-state index in [-0.39, 0.29) is 5.38 Å². The number of thioether (sulfide) groups is 1. The van der Waals surface area contributed by atoms with Crippen LogP contribution < -0.4 is 0 Å². The molecule has 2 rings (SSSR count). The lowest BCUT2D eigenvalue weighted by atomic mass is 10.3. The number of hydrogen-bond acceptors (Lipinski definition) is 2. The van der Waals surface area contributed by atoms with E-state index >= 15 is 0 Å². The average Bonchev–Trinajstić information content (AvgIpc) is 2.65. The predicted octanol–water partition coefficient (Wildman–Crippen LogP) is 3.70. The molecule has 0 spiro atoms. The van der Waals surface area contributed by atoms with Crippen molar-refractivity contribution in [3.8, 4) is 0 Å². The smallest absolute Gasteiger partial charge is 0.127 e. The van der Waals surface area contributed by atoms with Crippen molar-refractivity contribution in [1.29, 1.82) is 0 Å².